The first-order valence-corrected chi connectivity index (χ1v) is 9.33. The molecule has 4 rings (SSSR count). The molecule has 0 spiro atoms. The molecule has 0 unspecified atom stereocenters. The van der Waals surface area contributed by atoms with E-state index in [0.717, 1.165) is 25.0 Å². The van der Waals surface area contributed by atoms with Gasteiger partial charge in [0.2, 0.25) is 0 Å². The summed E-state index contributed by atoms with van der Waals surface area (Å²) in [6.07, 6.45) is 3.31. The van der Waals surface area contributed by atoms with Crippen molar-refractivity contribution in [1.29, 1.82) is 0 Å². The van der Waals surface area contributed by atoms with Crippen LogP contribution in [0, 0.1) is 28.6 Å². The van der Waals surface area contributed by atoms with E-state index in [-0.39, 0.29) is 22.7 Å². The summed E-state index contributed by atoms with van der Waals surface area (Å²) < 4.78 is 5.62. The minimum Gasteiger partial charge on any atom is -0.481 e. The third kappa shape index (κ3) is 2.18. The molecule has 0 bridgehead atoms. The maximum Gasteiger partial charge on any atom is 0.311 e. The second-order valence-corrected chi connectivity index (χ2v) is 9.31. The Hall–Kier alpha value is -1.33. The van der Waals surface area contributed by atoms with Gasteiger partial charge in [-0.15, -0.1) is 0 Å². The summed E-state index contributed by atoms with van der Waals surface area (Å²) in [6, 6.07) is 1.71. The zero-order valence-electron chi connectivity index (χ0n) is 15.1. The third-order valence-electron chi connectivity index (χ3n) is 7.66. The number of aliphatic hydroxyl groups is 2. The molecule has 0 aliphatic heterocycles. The molecule has 2 fully saturated rings. The number of carbonyl (C=O) groups is 1. The third-order valence-corrected chi connectivity index (χ3v) is 7.66. The normalized spacial score (nSPS) is 45.2. The van der Waals surface area contributed by atoms with Crippen molar-refractivity contribution in [2.45, 2.75) is 64.6 Å². The van der Waals surface area contributed by atoms with Gasteiger partial charge in [0, 0.05) is 17.9 Å². The van der Waals surface area contributed by atoms with Gasteiger partial charge in [-0.2, -0.15) is 0 Å². The van der Waals surface area contributed by atoms with Crippen molar-refractivity contribution in [3.05, 3.63) is 23.7 Å². The van der Waals surface area contributed by atoms with E-state index >= 15 is 0 Å². The highest BCUT2D eigenvalue weighted by molar-refractivity contribution is 5.77. The molecule has 0 aromatic carbocycles. The van der Waals surface area contributed by atoms with Gasteiger partial charge in [0.15, 0.2) is 0 Å². The molecule has 0 saturated heterocycles. The van der Waals surface area contributed by atoms with Gasteiger partial charge >= 0.3 is 5.97 Å². The zero-order valence-corrected chi connectivity index (χ0v) is 15.1. The SMILES string of the molecule is CC1(C)CCC[C@@]2(C)[C@@H]1[C@H](O)[C@H](O)[C@H]1[C@@H](C(=O)O)c3ccoc3C[C@@H]12. The second kappa shape index (κ2) is 5.34. The average molecular weight is 348 g/mol. The summed E-state index contributed by atoms with van der Waals surface area (Å²) in [5, 5.41) is 31.9. The molecule has 5 heteroatoms. The summed E-state index contributed by atoms with van der Waals surface area (Å²) >= 11 is 0. The van der Waals surface area contributed by atoms with Crippen LogP contribution in [0.4, 0.5) is 0 Å². The van der Waals surface area contributed by atoms with Gasteiger partial charge in [-0.05, 0) is 41.6 Å². The van der Waals surface area contributed by atoms with Crippen LogP contribution < -0.4 is 0 Å². The van der Waals surface area contributed by atoms with Crippen LogP contribution in [-0.4, -0.2) is 33.5 Å². The fraction of sp³-hybridized carbons (Fsp3) is 0.750. The largest absolute Gasteiger partial charge is 0.481 e. The number of hydrogen-bond acceptors (Lipinski definition) is 4. The van der Waals surface area contributed by atoms with Crippen LogP contribution in [0.15, 0.2) is 16.7 Å². The highest BCUT2D eigenvalue weighted by Crippen LogP contribution is 2.64. The number of hydrogen-bond donors (Lipinski definition) is 3. The van der Waals surface area contributed by atoms with Gasteiger partial charge in [-0.1, -0.05) is 27.2 Å². The Morgan fingerprint density at radius 1 is 1.20 bits per heavy atom. The molecule has 5 nitrogen and oxygen atoms in total. The molecule has 1 heterocycles. The summed E-state index contributed by atoms with van der Waals surface area (Å²) in [6.45, 7) is 6.53. The minimum absolute atomic E-state index is 0.00442. The number of aliphatic hydroxyl groups excluding tert-OH is 2. The van der Waals surface area contributed by atoms with Crippen LogP contribution in [-0.2, 0) is 11.2 Å². The predicted molar refractivity (Wildman–Crippen MR) is 91.0 cm³/mol. The minimum atomic E-state index is -1.02. The molecule has 1 aromatic rings. The second-order valence-electron chi connectivity index (χ2n) is 9.31. The molecular weight excluding hydrogens is 320 g/mol. The zero-order chi connectivity index (χ0) is 18.1. The predicted octanol–water partition coefficient (Wildman–Crippen LogP) is 2.80. The van der Waals surface area contributed by atoms with Crippen LogP contribution in [0.25, 0.3) is 0 Å². The summed E-state index contributed by atoms with van der Waals surface area (Å²) in [4.78, 5) is 12.1. The summed E-state index contributed by atoms with van der Waals surface area (Å²) in [5.74, 6) is -1.56. The van der Waals surface area contributed by atoms with Gasteiger partial charge in [0.1, 0.15) is 5.76 Å². The van der Waals surface area contributed by atoms with E-state index in [9.17, 15) is 20.1 Å². The van der Waals surface area contributed by atoms with Crippen LogP contribution in [0.5, 0.6) is 0 Å². The van der Waals surface area contributed by atoms with Crippen LogP contribution in [0.1, 0.15) is 57.3 Å². The van der Waals surface area contributed by atoms with Crippen LogP contribution in [0.3, 0.4) is 0 Å². The van der Waals surface area contributed by atoms with Crippen molar-refractivity contribution in [2.75, 3.05) is 0 Å². The standard InChI is InChI=1S/C20H28O5/c1-19(2)6-4-7-20(3)11-9-12-10(5-8-25-12)13(18(23)24)14(11)15(21)16(22)17(19)20/h5,8,11,13-17,21-22H,4,6-7,9H2,1-3H3,(H,23,24)/t11-,13-,14+,15+,16+,17+,20+/m0/s1. The molecule has 7 atom stereocenters. The lowest BCUT2D eigenvalue weighted by atomic mass is 9.42. The molecule has 0 amide bonds. The quantitative estimate of drug-likeness (QED) is 0.726. The van der Waals surface area contributed by atoms with Crippen molar-refractivity contribution in [1.82, 2.24) is 0 Å². The monoisotopic (exact) mass is 348 g/mol. The van der Waals surface area contributed by atoms with Gasteiger partial charge in [-0.25, -0.2) is 0 Å². The van der Waals surface area contributed by atoms with E-state index in [2.05, 4.69) is 20.8 Å². The number of carboxylic acids is 1. The first kappa shape index (κ1) is 17.1. The Morgan fingerprint density at radius 3 is 2.60 bits per heavy atom. The van der Waals surface area contributed by atoms with E-state index in [1.165, 1.54) is 0 Å². The first-order valence-electron chi connectivity index (χ1n) is 9.33. The highest BCUT2D eigenvalue weighted by atomic mass is 16.4. The molecule has 3 N–H and O–H groups in total. The topological polar surface area (TPSA) is 90.9 Å². The molecule has 138 valence electrons. The summed E-state index contributed by atoms with van der Waals surface area (Å²) in [7, 11) is 0. The molecule has 3 aliphatic rings. The van der Waals surface area contributed by atoms with Gasteiger partial charge < -0.3 is 19.7 Å². The van der Waals surface area contributed by atoms with Crippen molar-refractivity contribution in [3.8, 4) is 0 Å². The summed E-state index contributed by atoms with van der Waals surface area (Å²) in [5.41, 5.74) is 0.376. The molecule has 25 heavy (non-hydrogen) atoms. The van der Waals surface area contributed by atoms with E-state index in [1.807, 2.05) is 0 Å². The lowest BCUT2D eigenvalue weighted by Gasteiger charge is -2.63. The number of carboxylic acid groups (broad SMARTS) is 1. The van der Waals surface area contributed by atoms with Gasteiger partial charge in [-0.3, -0.25) is 4.79 Å². The van der Waals surface area contributed by atoms with Crippen molar-refractivity contribution >= 4 is 5.97 Å². The lowest BCUT2D eigenvalue weighted by Crippen LogP contribution is -2.65. The highest BCUT2D eigenvalue weighted by Gasteiger charge is 2.64. The van der Waals surface area contributed by atoms with E-state index < -0.39 is 30.0 Å². The van der Waals surface area contributed by atoms with Gasteiger partial charge in [0.05, 0.1) is 24.4 Å². The fourth-order valence-electron chi connectivity index (χ4n) is 6.80. The number of aliphatic carboxylic acids is 1. The Bertz CT molecular complexity index is 692. The van der Waals surface area contributed by atoms with E-state index in [1.54, 1.807) is 12.3 Å². The maximum atomic E-state index is 12.1. The van der Waals surface area contributed by atoms with Crippen molar-refractivity contribution in [3.63, 3.8) is 0 Å². The Labute approximate surface area is 148 Å². The van der Waals surface area contributed by atoms with Gasteiger partial charge in [0.25, 0.3) is 0 Å². The van der Waals surface area contributed by atoms with Crippen molar-refractivity contribution < 1.29 is 24.5 Å². The molecule has 3 aliphatic carbocycles. The molecule has 0 radical (unpaired) electrons. The Balaban J connectivity index is 1.87. The van der Waals surface area contributed by atoms with Crippen LogP contribution >= 0.6 is 0 Å². The number of fused-ring (bicyclic) bond motifs is 4. The fourth-order valence-corrected chi connectivity index (χ4v) is 6.80. The van der Waals surface area contributed by atoms with E-state index in [4.69, 9.17) is 4.42 Å². The first-order chi connectivity index (χ1) is 11.7. The number of rotatable bonds is 1. The number of furan rings is 1. The average Bonchev–Trinajstić information content (AvgIpc) is 2.97. The molecular formula is C20H28O5. The molecule has 1 aromatic heterocycles. The van der Waals surface area contributed by atoms with Crippen molar-refractivity contribution in [2.24, 2.45) is 28.6 Å². The molecule has 2 saturated carbocycles. The van der Waals surface area contributed by atoms with E-state index in [0.29, 0.717) is 12.0 Å². The maximum absolute atomic E-state index is 12.1. The van der Waals surface area contributed by atoms with Crippen LogP contribution in [0.2, 0.25) is 0 Å². The lowest BCUT2D eigenvalue weighted by molar-refractivity contribution is -0.218. The smallest absolute Gasteiger partial charge is 0.311 e. The Morgan fingerprint density at radius 2 is 1.92 bits per heavy atom. The Kier molecular flexibility index (Phi) is 3.65.